The van der Waals surface area contributed by atoms with Gasteiger partial charge in [0, 0.05) is 36.3 Å². The van der Waals surface area contributed by atoms with Crippen LogP contribution in [0.2, 0.25) is 0 Å². The third-order valence-corrected chi connectivity index (χ3v) is 4.34. The summed E-state index contributed by atoms with van der Waals surface area (Å²) < 4.78 is 14.6. The molecule has 0 spiro atoms. The van der Waals surface area contributed by atoms with E-state index in [0.29, 0.717) is 0 Å². The molecule has 0 saturated carbocycles. The summed E-state index contributed by atoms with van der Waals surface area (Å²) in [6.45, 7) is 6.80. The molecule has 4 heteroatoms. The highest BCUT2D eigenvalue weighted by Gasteiger charge is 2.41. The van der Waals surface area contributed by atoms with E-state index >= 15 is 0 Å². The van der Waals surface area contributed by atoms with Crippen molar-refractivity contribution in [3.63, 3.8) is 0 Å². The van der Waals surface area contributed by atoms with E-state index in [1.807, 2.05) is 24.8 Å². The average Bonchev–Trinajstić information content (AvgIpc) is 3.08. The van der Waals surface area contributed by atoms with Crippen LogP contribution in [-0.4, -0.2) is 22.8 Å². The van der Waals surface area contributed by atoms with Gasteiger partial charge in [0.15, 0.2) is 5.79 Å². The lowest BCUT2D eigenvalue weighted by Crippen LogP contribution is -2.45. The summed E-state index contributed by atoms with van der Waals surface area (Å²) in [5.74, 6) is -0.592. The molecule has 1 fully saturated rings. The Kier molecular flexibility index (Phi) is 4.83. The molecule has 1 saturated heterocycles. The van der Waals surface area contributed by atoms with E-state index < -0.39 is 5.79 Å². The minimum atomic E-state index is -0.592. The Hall–Kier alpha value is -1.65. The van der Waals surface area contributed by atoms with Gasteiger partial charge in [-0.25, -0.2) is 4.98 Å². The van der Waals surface area contributed by atoms with Crippen LogP contribution in [0.4, 0.5) is 0 Å². The second-order valence-electron chi connectivity index (χ2n) is 7.12. The summed E-state index contributed by atoms with van der Waals surface area (Å²) in [6, 6.07) is 10.3. The monoisotopic (exact) mass is 314 g/mol. The average molecular weight is 314 g/mol. The lowest BCUT2D eigenvalue weighted by Gasteiger charge is -2.44. The molecule has 1 aromatic heterocycles. The van der Waals surface area contributed by atoms with Gasteiger partial charge in [-0.1, -0.05) is 44.2 Å². The zero-order valence-corrected chi connectivity index (χ0v) is 14.1. The predicted octanol–water partition coefficient (Wildman–Crippen LogP) is 3.98. The number of imidazole rings is 1. The second-order valence-corrected chi connectivity index (χ2v) is 7.12. The van der Waals surface area contributed by atoms with Crippen molar-refractivity contribution >= 4 is 0 Å². The van der Waals surface area contributed by atoms with Crippen molar-refractivity contribution in [3.8, 4) is 0 Å². The molecule has 1 aliphatic heterocycles. The van der Waals surface area contributed by atoms with Crippen molar-refractivity contribution in [3.05, 3.63) is 54.6 Å². The van der Waals surface area contributed by atoms with Gasteiger partial charge in [-0.05, 0) is 12.8 Å². The predicted molar refractivity (Wildman–Crippen MR) is 89.9 cm³/mol. The van der Waals surface area contributed by atoms with Crippen molar-refractivity contribution in [1.82, 2.24) is 9.55 Å². The Morgan fingerprint density at radius 3 is 2.48 bits per heavy atom. The highest BCUT2D eigenvalue weighted by molar-refractivity contribution is 5.21. The van der Waals surface area contributed by atoms with Crippen LogP contribution in [0, 0.1) is 5.41 Å². The molecular weight excluding hydrogens is 288 g/mol. The number of ether oxygens (including phenoxy) is 2. The Morgan fingerprint density at radius 1 is 1.09 bits per heavy atom. The molecule has 0 radical (unpaired) electrons. The van der Waals surface area contributed by atoms with E-state index in [0.717, 1.165) is 44.6 Å². The number of rotatable bonds is 6. The Morgan fingerprint density at radius 2 is 1.83 bits per heavy atom. The normalized spacial score (nSPS) is 19.6. The quantitative estimate of drug-likeness (QED) is 0.757. The fraction of sp³-hybridized carbons (Fsp3) is 0.526. The molecule has 0 N–H and O–H groups in total. The second kappa shape index (κ2) is 6.85. The number of hydrogen-bond acceptors (Lipinski definition) is 3. The maximum absolute atomic E-state index is 6.26. The fourth-order valence-corrected chi connectivity index (χ4v) is 2.93. The van der Waals surface area contributed by atoms with Gasteiger partial charge in [-0.3, -0.25) is 0 Å². The smallest absolute Gasteiger partial charge is 0.194 e. The van der Waals surface area contributed by atoms with E-state index in [9.17, 15) is 0 Å². The zero-order chi connectivity index (χ0) is 16.2. The summed E-state index contributed by atoms with van der Waals surface area (Å²) in [6.07, 6.45) is 8.70. The zero-order valence-electron chi connectivity index (χ0n) is 14.1. The highest BCUT2D eigenvalue weighted by atomic mass is 16.7. The number of benzene rings is 1. The maximum Gasteiger partial charge on any atom is 0.194 e. The molecule has 0 atom stereocenters. The van der Waals surface area contributed by atoms with Gasteiger partial charge in [-0.2, -0.15) is 0 Å². The third-order valence-electron chi connectivity index (χ3n) is 4.34. The molecule has 23 heavy (non-hydrogen) atoms. The number of hydrogen-bond donors (Lipinski definition) is 0. The first-order chi connectivity index (χ1) is 11.1. The van der Waals surface area contributed by atoms with Gasteiger partial charge in [0.05, 0.1) is 19.5 Å². The van der Waals surface area contributed by atoms with Crippen molar-refractivity contribution < 1.29 is 9.47 Å². The van der Waals surface area contributed by atoms with Crippen molar-refractivity contribution in [2.24, 2.45) is 5.41 Å². The van der Waals surface area contributed by atoms with Gasteiger partial charge in [0.1, 0.15) is 0 Å². The van der Waals surface area contributed by atoms with Gasteiger partial charge < -0.3 is 14.0 Å². The third kappa shape index (κ3) is 4.01. The molecule has 0 unspecified atom stereocenters. The molecule has 4 nitrogen and oxygen atoms in total. The number of aryl methyl sites for hydroxylation is 1. The first kappa shape index (κ1) is 16.2. The van der Waals surface area contributed by atoms with E-state index in [1.165, 1.54) is 0 Å². The van der Waals surface area contributed by atoms with Crippen LogP contribution in [0.25, 0.3) is 0 Å². The largest absolute Gasteiger partial charge is 0.345 e. The molecule has 2 heterocycles. The Balaban J connectivity index is 1.64. The summed E-state index contributed by atoms with van der Waals surface area (Å²) >= 11 is 0. The fourth-order valence-electron chi connectivity index (χ4n) is 2.93. The molecule has 0 aliphatic carbocycles. The molecular formula is C19H26N2O2. The minimum Gasteiger partial charge on any atom is -0.345 e. The van der Waals surface area contributed by atoms with Crippen molar-refractivity contribution in [1.29, 1.82) is 0 Å². The van der Waals surface area contributed by atoms with Gasteiger partial charge in [-0.15, -0.1) is 0 Å². The standard InChI is InChI=1S/C19H26N2O2/c1-18(2)14-22-19(23-15-18,17-8-4-3-5-9-17)10-6-7-12-21-13-11-20-16-21/h3-5,8-9,11,13,16H,6-7,10,12,14-15H2,1-2H3. The summed E-state index contributed by atoms with van der Waals surface area (Å²) in [5.41, 5.74) is 1.20. The maximum atomic E-state index is 6.26. The van der Waals surface area contributed by atoms with Crippen LogP contribution in [0.15, 0.2) is 49.1 Å². The summed E-state index contributed by atoms with van der Waals surface area (Å²) in [4.78, 5) is 4.08. The van der Waals surface area contributed by atoms with E-state index in [4.69, 9.17) is 9.47 Å². The summed E-state index contributed by atoms with van der Waals surface area (Å²) in [7, 11) is 0. The Labute approximate surface area is 138 Å². The first-order valence-electron chi connectivity index (χ1n) is 8.39. The Bertz CT molecular complexity index is 583. The van der Waals surface area contributed by atoms with Crippen LogP contribution in [0.1, 0.15) is 38.7 Å². The topological polar surface area (TPSA) is 36.3 Å². The number of aromatic nitrogens is 2. The first-order valence-corrected chi connectivity index (χ1v) is 8.39. The lowest BCUT2D eigenvalue weighted by molar-refractivity contribution is -0.311. The molecule has 3 rings (SSSR count). The van der Waals surface area contributed by atoms with E-state index in [2.05, 4.69) is 47.7 Å². The van der Waals surface area contributed by atoms with Crippen LogP contribution < -0.4 is 0 Å². The molecule has 1 aromatic carbocycles. The van der Waals surface area contributed by atoms with Crippen LogP contribution in [-0.2, 0) is 21.8 Å². The SMILES string of the molecule is CC1(C)COC(CCCCn2ccnc2)(c2ccccc2)OC1. The van der Waals surface area contributed by atoms with Gasteiger partial charge >= 0.3 is 0 Å². The molecule has 0 amide bonds. The molecule has 2 aromatic rings. The van der Waals surface area contributed by atoms with E-state index in [-0.39, 0.29) is 5.41 Å². The van der Waals surface area contributed by atoms with Gasteiger partial charge in [0.25, 0.3) is 0 Å². The van der Waals surface area contributed by atoms with Gasteiger partial charge in [0.2, 0.25) is 0 Å². The van der Waals surface area contributed by atoms with Crippen molar-refractivity contribution in [2.45, 2.75) is 45.4 Å². The molecule has 124 valence electrons. The van der Waals surface area contributed by atoms with Crippen molar-refractivity contribution in [2.75, 3.05) is 13.2 Å². The lowest BCUT2D eigenvalue weighted by atomic mass is 9.91. The molecule has 1 aliphatic rings. The number of unbranched alkanes of at least 4 members (excludes halogenated alkanes) is 1. The minimum absolute atomic E-state index is 0.0785. The van der Waals surface area contributed by atoms with E-state index in [1.54, 1.807) is 0 Å². The highest BCUT2D eigenvalue weighted by Crippen LogP contribution is 2.40. The van der Waals surface area contributed by atoms with Crippen LogP contribution in [0.3, 0.4) is 0 Å². The summed E-state index contributed by atoms with van der Waals surface area (Å²) in [5, 5.41) is 0. The van der Waals surface area contributed by atoms with Crippen LogP contribution in [0.5, 0.6) is 0 Å². The molecule has 0 bridgehead atoms. The van der Waals surface area contributed by atoms with Crippen LogP contribution >= 0.6 is 0 Å². The number of nitrogens with zero attached hydrogens (tertiary/aromatic N) is 2.